The van der Waals surface area contributed by atoms with Crippen LogP contribution >= 0.6 is 39.1 Å². The van der Waals surface area contributed by atoms with Crippen molar-refractivity contribution in [3.8, 4) is 0 Å². The number of nitrogens with zero attached hydrogens (tertiary/aromatic N) is 1. The van der Waals surface area contributed by atoms with Crippen LogP contribution in [0.1, 0.15) is 5.56 Å². The van der Waals surface area contributed by atoms with Crippen molar-refractivity contribution in [3.63, 3.8) is 0 Å². The summed E-state index contributed by atoms with van der Waals surface area (Å²) in [5, 5.41) is 3.74. The number of benzene rings is 2. The van der Waals surface area contributed by atoms with Gasteiger partial charge in [-0.3, -0.25) is 0 Å². The number of alkyl halides is 1. The van der Waals surface area contributed by atoms with Crippen LogP contribution in [0.4, 0.5) is 0 Å². The van der Waals surface area contributed by atoms with Crippen LogP contribution in [0.2, 0.25) is 5.15 Å². The number of hydrogen-bond acceptors (Lipinski definition) is 1. The molecule has 1 nitrogen and oxygen atoms in total. The zero-order chi connectivity index (χ0) is 12.7. The maximum absolute atomic E-state index is 6.14. The summed E-state index contributed by atoms with van der Waals surface area (Å²) < 4.78 is 1.05. The third-order valence-corrected chi connectivity index (χ3v) is 4.22. The predicted molar refractivity (Wildman–Crippen MR) is 81.5 cm³/mol. The molecule has 0 bridgehead atoms. The average Bonchev–Trinajstić information content (AvgIpc) is 2.39. The summed E-state index contributed by atoms with van der Waals surface area (Å²) >= 11 is 15.6. The molecule has 0 aliphatic carbocycles. The topological polar surface area (TPSA) is 12.9 Å². The third kappa shape index (κ3) is 1.89. The molecule has 0 atom stereocenters. The van der Waals surface area contributed by atoms with Crippen LogP contribution in [-0.2, 0) is 5.88 Å². The smallest absolute Gasteiger partial charge is 0.134 e. The van der Waals surface area contributed by atoms with E-state index in [0.717, 1.165) is 31.7 Å². The van der Waals surface area contributed by atoms with Crippen LogP contribution in [0, 0.1) is 0 Å². The second kappa shape index (κ2) is 4.69. The van der Waals surface area contributed by atoms with E-state index in [9.17, 15) is 0 Å². The maximum Gasteiger partial charge on any atom is 0.134 e. The van der Waals surface area contributed by atoms with Crippen molar-refractivity contribution < 1.29 is 0 Å². The fourth-order valence-electron chi connectivity index (χ4n) is 2.08. The first-order chi connectivity index (χ1) is 8.70. The van der Waals surface area contributed by atoms with Crippen LogP contribution in [0.3, 0.4) is 0 Å². The van der Waals surface area contributed by atoms with Crippen LogP contribution in [-0.4, -0.2) is 4.98 Å². The lowest BCUT2D eigenvalue weighted by Crippen LogP contribution is -1.89. The summed E-state index contributed by atoms with van der Waals surface area (Å²) in [4.78, 5) is 4.48. The molecule has 90 valence electrons. The van der Waals surface area contributed by atoms with Crippen molar-refractivity contribution in [3.05, 3.63) is 51.6 Å². The second-order valence-corrected chi connectivity index (χ2v) is 5.53. The van der Waals surface area contributed by atoms with Gasteiger partial charge in [0.1, 0.15) is 5.15 Å². The van der Waals surface area contributed by atoms with Gasteiger partial charge in [0.2, 0.25) is 0 Å². The lowest BCUT2D eigenvalue weighted by molar-refractivity contribution is 1.31. The van der Waals surface area contributed by atoms with E-state index in [2.05, 4.69) is 33.0 Å². The Labute approximate surface area is 123 Å². The van der Waals surface area contributed by atoms with E-state index < -0.39 is 0 Å². The number of hydrogen-bond donors (Lipinski definition) is 0. The molecule has 0 unspecified atom stereocenters. The molecule has 18 heavy (non-hydrogen) atoms. The molecule has 1 heterocycles. The minimum absolute atomic E-state index is 0.367. The Hall–Kier alpha value is -0.830. The summed E-state index contributed by atoms with van der Waals surface area (Å²) in [5.74, 6) is 0.367. The quantitative estimate of drug-likeness (QED) is 0.322. The molecule has 0 N–H and O–H groups in total. The van der Waals surface area contributed by atoms with E-state index >= 15 is 0 Å². The van der Waals surface area contributed by atoms with Gasteiger partial charge in [-0.25, -0.2) is 4.98 Å². The van der Waals surface area contributed by atoms with Gasteiger partial charge in [-0.15, -0.1) is 11.6 Å². The third-order valence-electron chi connectivity index (χ3n) is 2.94. The summed E-state index contributed by atoms with van der Waals surface area (Å²) in [6, 6.07) is 12.2. The van der Waals surface area contributed by atoms with Gasteiger partial charge in [-0.2, -0.15) is 0 Å². The van der Waals surface area contributed by atoms with E-state index in [0.29, 0.717) is 11.0 Å². The molecule has 0 fully saturated rings. The molecule has 3 aromatic rings. The Morgan fingerprint density at radius 2 is 1.83 bits per heavy atom. The van der Waals surface area contributed by atoms with E-state index in [-0.39, 0.29) is 0 Å². The molecule has 3 rings (SSSR count). The number of aromatic nitrogens is 1. The lowest BCUT2D eigenvalue weighted by atomic mass is 10.1. The minimum Gasteiger partial charge on any atom is -0.235 e. The number of fused-ring (bicyclic) bond motifs is 3. The lowest BCUT2D eigenvalue weighted by Gasteiger charge is -2.08. The Bertz CT molecular complexity index is 755. The second-order valence-electron chi connectivity index (χ2n) is 4.05. The normalized spacial score (nSPS) is 11.3. The van der Waals surface area contributed by atoms with Gasteiger partial charge in [0.05, 0.1) is 11.4 Å². The highest BCUT2D eigenvalue weighted by Gasteiger charge is 2.09. The first-order valence-corrected chi connectivity index (χ1v) is 7.13. The Morgan fingerprint density at radius 1 is 1.11 bits per heavy atom. The van der Waals surface area contributed by atoms with E-state index in [4.69, 9.17) is 23.2 Å². The van der Waals surface area contributed by atoms with Gasteiger partial charge in [0.25, 0.3) is 0 Å². The highest BCUT2D eigenvalue weighted by atomic mass is 79.9. The van der Waals surface area contributed by atoms with Crippen molar-refractivity contribution in [2.75, 3.05) is 0 Å². The fourth-order valence-corrected chi connectivity index (χ4v) is 3.15. The molecule has 0 aliphatic heterocycles. The molecular weight excluding hydrogens is 333 g/mol. The molecule has 0 spiro atoms. The molecule has 0 radical (unpaired) electrons. The van der Waals surface area contributed by atoms with Gasteiger partial charge < -0.3 is 0 Å². The van der Waals surface area contributed by atoms with Crippen LogP contribution in [0.25, 0.3) is 21.7 Å². The van der Waals surface area contributed by atoms with E-state index in [1.54, 1.807) is 0 Å². The van der Waals surface area contributed by atoms with Crippen LogP contribution in [0.15, 0.2) is 40.9 Å². The summed E-state index contributed by atoms with van der Waals surface area (Å²) in [5.41, 5.74) is 1.76. The highest BCUT2D eigenvalue weighted by Crippen LogP contribution is 2.33. The summed E-state index contributed by atoms with van der Waals surface area (Å²) in [7, 11) is 0. The monoisotopic (exact) mass is 339 g/mol. The highest BCUT2D eigenvalue weighted by molar-refractivity contribution is 9.10. The van der Waals surface area contributed by atoms with Crippen LogP contribution in [0.5, 0.6) is 0 Å². The SMILES string of the molecule is ClCc1cc2cc(Br)c3ccccc3c2nc1Cl. The molecule has 0 saturated carbocycles. The molecule has 4 heteroatoms. The number of pyridine rings is 1. The zero-order valence-corrected chi connectivity index (χ0v) is 12.4. The average molecular weight is 341 g/mol. The standard InChI is InChI=1S/C14H8BrCl2N/c15-12-6-8-5-9(7-16)14(17)18-13(8)11-4-2-1-3-10(11)12/h1-6H,7H2. The molecular formula is C14H8BrCl2N. The summed E-state index contributed by atoms with van der Waals surface area (Å²) in [6.45, 7) is 0. The van der Waals surface area contributed by atoms with Gasteiger partial charge in [0.15, 0.2) is 0 Å². The van der Waals surface area contributed by atoms with Crippen molar-refractivity contribution in [1.29, 1.82) is 0 Å². The number of rotatable bonds is 1. The summed E-state index contributed by atoms with van der Waals surface area (Å²) in [6.07, 6.45) is 0. The molecule has 0 aliphatic rings. The molecule has 2 aromatic carbocycles. The first-order valence-electron chi connectivity index (χ1n) is 5.43. The molecule has 0 amide bonds. The van der Waals surface area contributed by atoms with Gasteiger partial charge in [-0.05, 0) is 17.5 Å². The largest absolute Gasteiger partial charge is 0.235 e. The van der Waals surface area contributed by atoms with E-state index in [1.807, 2.05) is 24.3 Å². The Kier molecular flexibility index (Phi) is 3.18. The number of halogens is 3. The van der Waals surface area contributed by atoms with Crippen molar-refractivity contribution in [2.24, 2.45) is 0 Å². The predicted octanol–water partition coefficient (Wildman–Crippen LogP) is 5.54. The van der Waals surface area contributed by atoms with Gasteiger partial charge in [0, 0.05) is 20.8 Å². The fraction of sp³-hybridized carbons (Fsp3) is 0.0714. The van der Waals surface area contributed by atoms with Crippen molar-refractivity contribution in [2.45, 2.75) is 5.88 Å². The van der Waals surface area contributed by atoms with Crippen molar-refractivity contribution in [1.82, 2.24) is 4.98 Å². The molecule has 1 aromatic heterocycles. The van der Waals surface area contributed by atoms with Crippen molar-refractivity contribution >= 4 is 60.8 Å². The van der Waals surface area contributed by atoms with Gasteiger partial charge >= 0.3 is 0 Å². The first kappa shape index (κ1) is 12.2. The zero-order valence-electron chi connectivity index (χ0n) is 9.25. The van der Waals surface area contributed by atoms with Crippen LogP contribution < -0.4 is 0 Å². The maximum atomic E-state index is 6.14. The molecule has 0 saturated heterocycles. The van der Waals surface area contributed by atoms with Gasteiger partial charge in [-0.1, -0.05) is 51.8 Å². The Morgan fingerprint density at radius 3 is 2.56 bits per heavy atom. The Balaban J connectivity index is 2.51. The minimum atomic E-state index is 0.367. The van der Waals surface area contributed by atoms with E-state index in [1.165, 1.54) is 0 Å².